The van der Waals surface area contributed by atoms with E-state index in [2.05, 4.69) is 5.32 Å². The molecular weight excluding hydrogens is 299 g/mol. The molecule has 0 aliphatic heterocycles. The third-order valence-corrected chi connectivity index (χ3v) is 3.88. The average molecular weight is 307 g/mol. The molecule has 1 unspecified atom stereocenters. The second-order valence-electron chi connectivity index (χ2n) is 3.43. The lowest BCUT2D eigenvalue weighted by molar-refractivity contribution is -0.402. The summed E-state index contributed by atoms with van der Waals surface area (Å²) in [5.41, 5.74) is 0.735. The predicted octanol–water partition coefficient (Wildman–Crippen LogP) is 3.86. The van der Waals surface area contributed by atoms with E-state index in [0.717, 1.165) is 5.56 Å². The summed E-state index contributed by atoms with van der Waals surface area (Å²) >= 11 is 13.2. The van der Waals surface area contributed by atoms with Gasteiger partial charge in [-0.2, -0.15) is 0 Å². The fourth-order valence-electron chi connectivity index (χ4n) is 1.60. The minimum Gasteiger partial charge on any atom is -0.404 e. The van der Waals surface area contributed by atoms with Gasteiger partial charge in [0.2, 0.25) is 0 Å². The van der Waals surface area contributed by atoms with E-state index in [1.54, 1.807) is 19.2 Å². The first-order chi connectivity index (χ1) is 8.52. The second-order valence-corrected chi connectivity index (χ2v) is 5.72. The maximum atomic E-state index is 10.6. The zero-order valence-corrected chi connectivity index (χ0v) is 11.5. The van der Waals surface area contributed by atoms with Crippen molar-refractivity contribution < 1.29 is 9.34 Å². The molecule has 96 valence electrons. The number of nitrogens with zero attached hydrogens (tertiary/aromatic N) is 1. The maximum Gasteiger partial charge on any atom is 0.433 e. The third kappa shape index (κ3) is 2.51. The highest BCUT2D eigenvalue weighted by Gasteiger charge is 2.23. The number of furan rings is 1. The molecule has 1 atom stereocenters. The van der Waals surface area contributed by atoms with Crippen molar-refractivity contribution in [2.45, 2.75) is 6.04 Å². The van der Waals surface area contributed by atoms with Crippen LogP contribution in [0.1, 0.15) is 17.4 Å². The number of rotatable bonds is 4. The zero-order valence-electron chi connectivity index (χ0n) is 9.15. The first-order valence-corrected chi connectivity index (χ1v) is 6.46. The monoisotopic (exact) mass is 306 g/mol. The summed E-state index contributed by atoms with van der Waals surface area (Å²) in [6.45, 7) is 0. The predicted molar refractivity (Wildman–Crippen MR) is 70.6 cm³/mol. The van der Waals surface area contributed by atoms with Crippen LogP contribution in [-0.4, -0.2) is 12.0 Å². The van der Waals surface area contributed by atoms with Crippen LogP contribution in [-0.2, 0) is 0 Å². The molecule has 0 bridgehead atoms. The number of hydrogen-bond acceptors (Lipinski definition) is 5. The number of hydrogen-bond donors (Lipinski definition) is 1. The molecule has 0 saturated heterocycles. The Balaban J connectivity index is 2.38. The summed E-state index contributed by atoms with van der Waals surface area (Å²) in [4.78, 5) is 9.99. The highest BCUT2D eigenvalue weighted by Crippen LogP contribution is 2.38. The topological polar surface area (TPSA) is 68.3 Å². The van der Waals surface area contributed by atoms with Crippen molar-refractivity contribution in [1.29, 1.82) is 0 Å². The van der Waals surface area contributed by atoms with Crippen LogP contribution in [0.4, 0.5) is 5.88 Å². The fourth-order valence-corrected chi connectivity index (χ4v) is 3.13. The van der Waals surface area contributed by atoms with Gasteiger partial charge in [0.1, 0.15) is 10.7 Å². The lowest BCUT2D eigenvalue weighted by Crippen LogP contribution is -2.16. The van der Waals surface area contributed by atoms with E-state index in [1.165, 1.54) is 17.4 Å². The number of nitro groups is 1. The van der Waals surface area contributed by atoms with Gasteiger partial charge < -0.3 is 9.73 Å². The summed E-state index contributed by atoms with van der Waals surface area (Å²) in [6, 6.07) is 4.20. The molecule has 1 N–H and O–H groups in total. The smallest absolute Gasteiger partial charge is 0.404 e. The number of halogens is 2. The molecule has 18 heavy (non-hydrogen) atoms. The highest BCUT2D eigenvalue weighted by molar-refractivity contribution is 7.20. The standard InChI is InChI=1S/C10H8Cl2N2O3S/c1-13-9(5-4-7(11)18-10(5)12)6-2-3-8(17-6)14(15)16/h2-4,9,13H,1H3. The molecule has 5 nitrogen and oxygen atoms in total. The van der Waals surface area contributed by atoms with Gasteiger partial charge in [-0.25, -0.2) is 0 Å². The lowest BCUT2D eigenvalue weighted by atomic mass is 10.1. The summed E-state index contributed by atoms with van der Waals surface area (Å²) in [5.74, 6) is 0.114. The Morgan fingerprint density at radius 2 is 2.22 bits per heavy atom. The first kappa shape index (κ1) is 13.4. The van der Waals surface area contributed by atoms with Gasteiger partial charge >= 0.3 is 5.88 Å². The van der Waals surface area contributed by atoms with Crippen LogP contribution in [0, 0.1) is 10.1 Å². The molecule has 2 aromatic rings. The SMILES string of the molecule is CNC(c1ccc([N+](=O)[O-])o1)c1cc(Cl)sc1Cl. The molecule has 0 aromatic carbocycles. The minimum atomic E-state index is -0.585. The van der Waals surface area contributed by atoms with Crippen molar-refractivity contribution in [3.63, 3.8) is 0 Å². The Labute approximate surface area is 116 Å². The van der Waals surface area contributed by atoms with Crippen LogP contribution in [0.5, 0.6) is 0 Å². The Morgan fingerprint density at radius 1 is 1.50 bits per heavy atom. The van der Waals surface area contributed by atoms with Crippen molar-refractivity contribution in [2.75, 3.05) is 7.05 Å². The summed E-state index contributed by atoms with van der Waals surface area (Å²) in [5, 5.41) is 13.6. The lowest BCUT2D eigenvalue weighted by Gasteiger charge is -2.12. The normalized spacial score (nSPS) is 12.6. The summed E-state index contributed by atoms with van der Waals surface area (Å²) < 4.78 is 6.24. The molecule has 0 radical (unpaired) electrons. The van der Waals surface area contributed by atoms with Crippen LogP contribution in [0.2, 0.25) is 8.67 Å². The molecular formula is C10H8Cl2N2O3S. The van der Waals surface area contributed by atoms with E-state index >= 15 is 0 Å². The van der Waals surface area contributed by atoms with Gasteiger partial charge in [0.15, 0.2) is 0 Å². The quantitative estimate of drug-likeness (QED) is 0.688. The van der Waals surface area contributed by atoms with Gasteiger partial charge in [0.05, 0.1) is 20.8 Å². The van der Waals surface area contributed by atoms with Gasteiger partial charge in [-0.1, -0.05) is 23.2 Å². The molecule has 0 amide bonds. The molecule has 0 spiro atoms. The number of thiophene rings is 1. The van der Waals surface area contributed by atoms with E-state index < -0.39 is 4.92 Å². The maximum absolute atomic E-state index is 10.6. The first-order valence-electron chi connectivity index (χ1n) is 4.89. The van der Waals surface area contributed by atoms with Gasteiger partial charge in [0, 0.05) is 5.56 Å². The zero-order chi connectivity index (χ0) is 13.3. The third-order valence-electron chi connectivity index (χ3n) is 2.36. The van der Waals surface area contributed by atoms with Crippen molar-refractivity contribution in [1.82, 2.24) is 5.32 Å². The molecule has 0 fully saturated rings. The second kappa shape index (κ2) is 5.27. The molecule has 2 rings (SSSR count). The summed E-state index contributed by atoms with van der Waals surface area (Å²) in [7, 11) is 1.71. The van der Waals surface area contributed by atoms with E-state index in [-0.39, 0.29) is 11.9 Å². The van der Waals surface area contributed by atoms with Crippen LogP contribution in [0.3, 0.4) is 0 Å². The van der Waals surface area contributed by atoms with Gasteiger partial charge in [-0.05, 0) is 19.2 Å². The fraction of sp³-hybridized carbons (Fsp3) is 0.200. The molecule has 2 aromatic heterocycles. The van der Waals surface area contributed by atoms with Crippen molar-refractivity contribution in [3.05, 3.63) is 48.3 Å². The van der Waals surface area contributed by atoms with Gasteiger partial charge in [-0.15, -0.1) is 11.3 Å². The largest absolute Gasteiger partial charge is 0.433 e. The van der Waals surface area contributed by atoms with E-state index in [0.29, 0.717) is 14.4 Å². The van der Waals surface area contributed by atoms with Crippen LogP contribution in [0.25, 0.3) is 0 Å². The molecule has 0 aliphatic rings. The Bertz CT molecular complexity index is 581. The number of nitrogens with one attached hydrogen (secondary N) is 1. The average Bonchev–Trinajstić information content (AvgIpc) is 2.88. The molecule has 0 aliphatic carbocycles. The van der Waals surface area contributed by atoms with Crippen molar-refractivity contribution in [3.8, 4) is 0 Å². The Kier molecular flexibility index (Phi) is 3.91. The van der Waals surface area contributed by atoms with Gasteiger partial charge in [0.25, 0.3) is 0 Å². The Morgan fingerprint density at radius 3 is 2.67 bits per heavy atom. The van der Waals surface area contributed by atoms with Crippen molar-refractivity contribution >= 4 is 40.4 Å². The Hall–Kier alpha value is -1.08. The minimum absolute atomic E-state index is 0.303. The van der Waals surface area contributed by atoms with E-state index in [9.17, 15) is 10.1 Å². The molecule has 8 heteroatoms. The molecule has 0 saturated carbocycles. The van der Waals surface area contributed by atoms with Crippen molar-refractivity contribution in [2.24, 2.45) is 0 Å². The summed E-state index contributed by atoms with van der Waals surface area (Å²) in [6.07, 6.45) is 0. The van der Waals surface area contributed by atoms with E-state index in [1.807, 2.05) is 0 Å². The highest BCUT2D eigenvalue weighted by atomic mass is 35.5. The van der Waals surface area contributed by atoms with E-state index in [4.69, 9.17) is 27.6 Å². The van der Waals surface area contributed by atoms with Crippen LogP contribution < -0.4 is 5.32 Å². The van der Waals surface area contributed by atoms with Crippen LogP contribution in [0.15, 0.2) is 22.6 Å². The van der Waals surface area contributed by atoms with Crippen LogP contribution >= 0.6 is 34.5 Å². The molecule has 2 heterocycles. The van der Waals surface area contributed by atoms with Gasteiger partial charge in [-0.3, -0.25) is 10.1 Å².